The lowest BCUT2D eigenvalue weighted by Crippen LogP contribution is -2.15. The lowest BCUT2D eigenvalue weighted by atomic mass is 10.0. The highest BCUT2D eigenvalue weighted by Crippen LogP contribution is 2.27. The maximum atomic E-state index is 12.1. The van der Waals surface area contributed by atoms with E-state index < -0.39 is 18.6 Å². The van der Waals surface area contributed by atoms with Crippen LogP contribution in [-0.4, -0.2) is 12.8 Å². The number of rotatable bonds is 7. The van der Waals surface area contributed by atoms with Crippen molar-refractivity contribution in [3.63, 3.8) is 0 Å². The Morgan fingerprint density at radius 2 is 1.84 bits per heavy atom. The quantitative estimate of drug-likeness (QED) is 0.757. The molecule has 0 aliphatic rings. The highest BCUT2D eigenvalue weighted by molar-refractivity contribution is 5.29. The number of hydrogen-bond donors (Lipinski definition) is 1. The van der Waals surface area contributed by atoms with E-state index in [1.807, 2.05) is 0 Å². The van der Waals surface area contributed by atoms with Gasteiger partial charge in [-0.3, -0.25) is 0 Å². The van der Waals surface area contributed by atoms with Crippen LogP contribution in [0, 0.1) is 0 Å². The van der Waals surface area contributed by atoms with Gasteiger partial charge in [0.15, 0.2) is 0 Å². The van der Waals surface area contributed by atoms with Crippen molar-refractivity contribution >= 4 is 0 Å². The standard InChI is InChI=1S/C14H20F3NO/c1-2-3-10-19-12-6-4-11(5-7-12)13(18)8-9-14(15,16)17/h4-7,13H,2-3,8-10,18H2,1H3. The molecule has 0 aliphatic carbocycles. The van der Waals surface area contributed by atoms with Gasteiger partial charge < -0.3 is 10.5 Å². The summed E-state index contributed by atoms with van der Waals surface area (Å²) in [6.07, 6.45) is -3.07. The van der Waals surface area contributed by atoms with E-state index >= 15 is 0 Å². The van der Waals surface area contributed by atoms with Crippen molar-refractivity contribution in [3.05, 3.63) is 29.8 Å². The lowest BCUT2D eigenvalue weighted by molar-refractivity contribution is -0.136. The second-order valence-corrected chi connectivity index (χ2v) is 4.53. The summed E-state index contributed by atoms with van der Waals surface area (Å²) in [7, 11) is 0. The van der Waals surface area contributed by atoms with Gasteiger partial charge in [0.25, 0.3) is 0 Å². The van der Waals surface area contributed by atoms with Crippen LogP contribution in [0.25, 0.3) is 0 Å². The molecule has 0 heterocycles. The topological polar surface area (TPSA) is 35.2 Å². The molecule has 1 atom stereocenters. The van der Waals surface area contributed by atoms with E-state index in [0.717, 1.165) is 18.6 Å². The molecule has 0 aliphatic heterocycles. The zero-order chi connectivity index (χ0) is 14.3. The van der Waals surface area contributed by atoms with Crippen LogP contribution < -0.4 is 10.5 Å². The van der Waals surface area contributed by atoms with Gasteiger partial charge in [0.1, 0.15) is 5.75 Å². The minimum absolute atomic E-state index is 0.0977. The first-order chi connectivity index (χ1) is 8.92. The molecular weight excluding hydrogens is 255 g/mol. The summed E-state index contributed by atoms with van der Waals surface area (Å²) < 4.78 is 41.8. The third-order valence-corrected chi connectivity index (χ3v) is 2.81. The molecular formula is C14H20F3NO. The van der Waals surface area contributed by atoms with Crippen LogP contribution in [0.4, 0.5) is 13.2 Å². The summed E-state index contributed by atoms with van der Waals surface area (Å²) in [5.74, 6) is 0.722. The van der Waals surface area contributed by atoms with E-state index in [2.05, 4.69) is 6.92 Å². The number of halogens is 3. The van der Waals surface area contributed by atoms with Crippen molar-refractivity contribution < 1.29 is 17.9 Å². The van der Waals surface area contributed by atoms with Crippen LogP contribution in [0.3, 0.4) is 0 Å². The molecule has 1 rings (SSSR count). The average molecular weight is 275 g/mol. The molecule has 1 aromatic carbocycles. The predicted octanol–water partition coefficient (Wildman–Crippen LogP) is 4.21. The average Bonchev–Trinajstić information content (AvgIpc) is 2.36. The zero-order valence-electron chi connectivity index (χ0n) is 11.0. The molecule has 5 heteroatoms. The maximum Gasteiger partial charge on any atom is 0.389 e. The molecule has 0 saturated heterocycles. The van der Waals surface area contributed by atoms with Crippen LogP contribution in [-0.2, 0) is 0 Å². The summed E-state index contributed by atoms with van der Waals surface area (Å²) >= 11 is 0. The van der Waals surface area contributed by atoms with Crippen molar-refractivity contribution in [1.29, 1.82) is 0 Å². The smallest absolute Gasteiger partial charge is 0.389 e. The van der Waals surface area contributed by atoms with E-state index in [4.69, 9.17) is 10.5 Å². The third-order valence-electron chi connectivity index (χ3n) is 2.81. The maximum absolute atomic E-state index is 12.1. The van der Waals surface area contributed by atoms with Gasteiger partial charge in [-0.1, -0.05) is 25.5 Å². The molecule has 0 spiro atoms. The fourth-order valence-corrected chi connectivity index (χ4v) is 1.63. The number of ether oxygens (including phenoxy) is 1. The normalized spacial score (nSPS) is 13.3. The zero-order valence-corrected chi connectivity index (χ0v) is 11.0. The van der Waals surface area contributed by atoms with Gasteiger partial charge in [-0.05, 0) is 30.5 Å². The van der Waals surface area contributed by atoms with Gasteiger partial charge in [-0.2, -0.15) is 13.2 Å². The Morgan fingerprint density at radius 1 is 1.21 bits per heavy atom. The predicted molar refractivity (Wildman–Crippen MR) is 69.1 cm³/mol. The van der Waals surface area contributed by atoms with Crippen molar-refractivity contribution in [2.45, 2.75) is 44.8 Å². The van der Waals surface area contributed by atoms with E-state index in [0.29, 0.717) is 12.2 Å². The van der Waals surface area contributed by atoms with E-state index in [-0.39, 0.29) is 6.42 Å². The number of alkyl halides is 3. The second-order valence-electron chi connectivity index (χ2n) is 4.53. The van der Waals surface area contributed by atoms with Crippen molar-refractivity contribution in [3.8, 4) is 5.75 Å². The molecule has 0 fully saturated rings. The van der Waals surface area contributed by atoms with Crippen molar-refractivity contribution in [2.75, 3.05) is 6.61 Å². The molecule has 2 N–H and O–H groups in total. The monoisotopic (exact) mass is 275 g/mol. The molecule has 0 radical (unpaired) electrons. The van der Waals surface area contributed by atoms with Crippen molar-refractivity contribution in [2.24, 2.45) is 5.73 Å². The van der Waals surface area contributed by atoms with Crippen LogP contribution >= 0.6 is 0 Å². The number of hydrogen-bond acceptors (Lipinski definition) is 2. The van der Waals surface area contributed by atoms with Crippen LogP contribution in [0.5, 0.6) is 5.75 Å². The molecule has 0 bridgehead atoms. The fourth-order valence-electron chi connectivity index (χ4n) is 1.63. The fraction of sp³-hybridized carbons (Fsp3) is 0.571. The van der Waals surface area contributed by atoms with Gasteiger partial charge in [0.2, 0.25) is 0 Å². The van der Waals surface area contributed by atoms with Gasteiger partial charge in [-0.25, -0.2) is 0 Å². The van der Waals surface area contributed by atoms with Gasteiger partial charge >= 0.3 is 6.18 Å². The Hall–Kier alpha value is -1.23. The van der Waals surface area contributed by atoms with Crippen LogP contribution in [0.2, 0.25) is 0 Å². The molecule has 0 amide bonds. The summed E-state index contributed by atoms with van der Waals surface area (Å²) in [6.45, 7) is 2.72. The Balaban J connectivity index is 2.46. The van der Waals surface area contributed by atoms with E-state index in [1.54, 1.807) is 24.3 Å². The second kappa shape index (κ2) is 7.38. The molecule has 1 aromatic rings. The number of nitrogens with two attached hydrogens (primary N) is 1. The first-order valence-corrected chi connectivity index (χ1v) is 6.47. The van der Waals surface area contributed by atoms with Crippen molar-refractivity contribution in [1.82, 2.24) is 0 Å². The molecule has 19 heavy (non-hydrogen) atoms. The summed E-state index contributed by atoms with van der Waals surface area (Å²) in [5, 5.41) is 0. The first kappa shape index (κ1) is 15.8. The Bertz CT molecular complexity index is 362. The largest absolute Gasteiger partial charge is 0.494 e. The third kappa shape index (κ3) is 6.47. The molecule has 0 saturated carbocycles. The first-order valence-electron chi connectivity index (χ1n) is 6.47. The Kier molecular flexibility index (Phi) is 6.15. The van der Waals surface area contributed by atoms with Crippen LogP contribution in [0.15, 0.2) is 24.3 Å². The summed E-state index contributed by atoms with van der Waals surface area (Å²) in [6, 6.07) is 6.35. The van der Waals surface area contributed by atoms with E-state index in [9.17, 15) is 13.2 Å². The number of unbranched alkanes of at least 4 members (excludes halogenated alkanes) is 1. The number of benzene rings is 1. The molecule has 2 nitrogen and oxygen atoms in total. The van der Waals surface area contributed by atoms with Gasteiger partial charge in [0.05, 0.1) is 6.61 Å². The minimum atomic E-state index is -4.15. The Labute approximate surface area is 111 Å². The molecule has 1 unspecified atom stereocenters. The van der Waals surface area contributed by atoms with Gasteiger partial charge in [-0.15, -0.1) is 0 Å². The molecule has 108 valence electrons. The van der Waals surface area contributed by atoms with Gasteiger partial charge in [0, 0.05) is 12.5 Å². The lowest BCUT2D eigenvalue weighted by Gasteiger charge is -2.14. The molecule has 0 aromatic heterocycles. The highest BCUT2D eigenvalue weighted by Gasteiger charge is 2.27. The van der Waals surface area contributed by atoms with Crippen LogP contribution in [0.1, 0.15) is 44.2 Å². The summed E-state index contributed by atoms with van der Waals surface area (Å²) in [4.78, 5) is 0. The minimum Gasteiger partial charge on any atom is -0.494 e. The highest BCUT2D eigenvalue weighted by atomic mass is 19.4. The summed E-state index contributed by atoms with van der Waals surface area (Å²) in [5.41, 5.74) is 6.43. The SMILES string of the molecule is CCCCOc1ccc(C(N)CCC(F)(F)F)cc1. The van der Waals surface area contributed by atoms with E-state index in [1.165, 1.54) is 0 Å². The Morgan fingerprint density at radius 3 is 2.37 bits per heavy atom.